The summed E-state index contributed by atoms with van der Waals surface area (Å²) in [6.45, 7) is 5.84. The molecule has 0 saturated carbocycles. The van der Waals surface area contributed by atoms with Gasteiger partial charge in [-0.2, -0.15) is 0 Å². The highest BCUT2D eigenvalue weighted by Gasteiger charge is 2.11. The lowest BCUT2D eigenvalue weighted by Gasteiger charge is -2.06. The second kappa shape index (κ2) is 17.6. The highest BCUT2D eigenvalue weighted by atomic mass is 32.2. The number of hydrogen-bond donors (Lipinski definition) is 3. The first-order chi connectivity index (χ1) is 14.2. The highest BCUT2D eigenvalue weighted by molar-refractivity contribution is 7.89. The third-order valence-corrected chi connectivity index (χ3v) is 6.22. The molecule has 5 nitrogen and oxygen atoms in total. The predicted molar refractivity (Wildman–Crippen MR) is 123 cm³/mol. The van der Waals surface area contributed by atoms with E-state index in [9.17, 15) is 8.42 Å². The predicted octanol–water partition coefficient (Wildman–Crippen LogP) is 4.58. The molecule has 0 aliphatic carbocycles. The lowest BCUT2D eigenvalue weighted by atomic mass is 10.1. The van der Waals surface area contributed by atoms with Gasteiger partial charge in [0.15, 0.2) is 0 Å². The summed E-state index contributed by atoms with van der Waals surface area (Å²) in [7, 11) is -3.36. The summed E-state index contributed by atoms with van der Waals surface area (Å²) in [5.41, 5.74) is 0. The Morgan fingerprint density at radius 3 is 2.00 bits per heavy atom. The molecular formula is C23H41N3O2S. The third kappa shape index (κ3) is 14.4. The van der Waals surface area contributed by atoms with E-state index in [1.807, 2.05) is 6.07 Å². The summed E-state index contributed by atoms with van der Waals surface area (Å²) in [5, 5.41) is 6.84. The minimum absolute atomic E-state index is 0.335. The normalized spacial score (nSPS) is 12.0. The van der Waals surface area contributed by atoms with Gasteiger partial charge in [-0.3, -0.25) is 0 Å². The van der Waals surface area contributed by atoms with Crippen LogP contribution in [0.5, 0.6) is 0 Å². The SMILES string of the molecule is CCCCCNCNCCCC/C=C\CCCCCNS(=O)(=O)c1ccccc1. The van der Waals surface area contributed by atoms with Gasteiger partial charge in [-0.05, 0) is 70.2 Å². The standard InChI is InChI=1S/C23H41N3O2S/c1-2-3-14-19-24-22-25-20-15-9-7-5-4-6-8-10-16-21-26-29(27,28)23-17-12-11-13-18-23/h4-5,11-13,17-18,24-26H,2-3,6-10,14-16,19-22H2,1H3/b5-4-. The molecule has 0 saturated heterocycles. The number of allylic oxidation sites excluding steroid dienone is 2. The molecule has 0 fully saturated rings. The molecule has 0 bridgehead atoms. The van der Waals surface area contributed by atoms with Crippen molar-refractivity contribution in [2.45, 2.75) is 76.0 Å². The Hall–Kier alpha value is -1.21. The number of nitrogens with one attached hydrogen (secondary N) is 3. The molecule has 29 heavy (non-hydrogen) atoms. The van der Waals surface area contributed by atoms with Gasteiger partial charge in [0.05, 0.1) is 4.90 Å². The molecule has 166 valence electrons. The van der Waals surface area contributed by atoms with Gasteiger partial charge in [0.1, 0.15) is 0 Å². The van der Waals surface area contributed by atoms with Crippen molar-refractivity contribution in [3.63, 3.8) is 0 Å². The average Bonchev–Trinajstić information content (AvgIpc) is 2.73. The van der Waals surface area contributed by atoms with E-state index in [0.29, 0.717) is 11.4 Å². The fourth-order valence-electron chi connectivity index (χ4n) is 2.97. The zero-order valence-electron chi connectivity index (χ0n) is 18.2. The highest BCUT2D eigenvalue weighted by Crippen LogP contribution is 2.08. The van der Waals surface area contributed by atoms with Gasteiger partial charge in [0.25, 0.3) is 0 Å². The van der Waals surface area contributed by atoms with E-state index in [2.05, 4.69) is 34.4 Å². The lowest BCUT2D eigenvalue weighted by Crippen LogP contribution is -2.30. The minimum atomic E-state index is -3.36. The Kier molecular flexibility index (Phi) is 15.7. The first-order valence-electron chi connectivity index (χ1n) is 11.3. The summed E-state index contributed by atoms with van der Waals surface area (Å²) in [4.78, 5) is 0.335. The maximum absolute atomic E-state index is 12.1. The van der Waals surface area contributed by atoms with Gasteiger partial charge >= 0.3 is 0 Å². The van der Waals surface area contributed by atoms with Gasteiger partial charge in [-0.25, -0.2) is 13.1 Å². The van der Waals surface area contributed by atoms with Crippen molar-refractivity contribution >= 4 is 10.0 Å². The van der Waals surface area contributed by atoms with Crippen LogP contribution in [-0.2, 0) is 10.0 Å². The molecular weight excluding hydrogens is 382 g/mol. The van der Waals surface area contributed by atoms with Crippen LogP contribution >= 0.6 is 0 Å². The Morgan fingerprint density at radius 1 is 0.759 bits per heavy atom. The van der Waals surface area contributed by atoms with Crippen LogP contribution in [-0.4, -0.2) is 34.7 Å². The molecule has 0 heterocycles. The molecule has 0 atom stereocenters. The Morgan fingerprint density at radius 2 is 1.34 bits per heavy atom. The first-order valence-corrected chi connectivity index (χ1v) is 12.8. The molecule has 3 N–H and O–H groups in total. The Labute approximate surface area is 178 Å². The van der Waals surface area contributed by atoms with Gasteiger partial charge < -0.3 is 10.6 Å². The van der Waals surface area contributed by atoms with E-state index >= 15 is 0 Å². The van der Waals surface area contributed by atoms with E-state index in [1.54, 1.807) is 24.3 Å². The van der Waals surface area contributed by atoms with Crippen LogP contribution in [0.25, 0.3) is 0 Å². The minimum Gasteiger partial charge on any atom is -0.304 e. The summed E-state index contributed by atoms with van der Waals surface area (Å²) in [5.74, 6) is 0. The zero-order valence-corrected chi connectivity index (χ0v) is 19.0. The molecule has 1 aromatic carbocycles. The van der Waals surface area contributed by atoms with Crippen LogP contribution in [0.15, 0.2) is 47.4 Å². The second-order valence-electron chi connectivity index (χ2n) is 7.41. The molecule has 0 aliphatic rings. The van der Waals surface area contributed by atoms with Gasteiger partial charge in [0.2, 0.25) is 10.0 Å². The first kappa shape index (κ1) is 25.8. The smallest absolute Gasteiger partial charge is 0.240 e. The van der Waals surface area contributed by atoms with Crippen LogP contribution in [0.4, 0.5) is 0 Å². The molecule has 0 amide bonds. The summed E-state index contributed by atoms with van der Waals surface area (Å²) in [6.07, 6.45) is 16.1. The van der Waals surface area contributed by atoms with E-state index in [0.717, 1.165) is 51.9 Å². The summed E-state index contributed by atoms with van der Waals surface area (Å²) >= 11 is 0. The van der Waals surface area contributed by atoms with Crippen LogP contribution < -0.4 is 15.4 Å². The largest absolute Gasteiger partial charge is 0.304 e. The zero-order chi connectivity index (χ0) is 21.0. The number of benzene rings is 1. The molecule has 1 rings (SSSR count). The van der Waals surface area contributed by atoms with Crippen molar-refractivity contribution in [3.05, 3.63) is 42.5 Å². The van der Waals surface area contributed by atoms with Crippen LogP contribution in [0, 0.1) is 0 Å². The Bertz CT molecular complexity index is 618. The van der Waals surface area contributed by atoms with Gasteiger partial charge in [0, 0.05) is 13.2 Å². The van der Waals surface area contributed by atoms with Crippen LogP contribution in [0.2, 0.25) is 0 Å². The second-order valence-corrected chi connectivity index (χ2v) is 9.18. The fourth-order valence-corrected chi connectivity index (χ4v) is 4.06. The van der Waals surface area contributed by atoms with Crippen molar-refractivity contribution in [1.29, 1.82) is 0 Å². The van der Waals surface area contributed by atoms with E-state index in [4.69, 9.17) is 0 Å². The van der Waals surface area contributed by atoms with E-state index in [1.165, 1.54) is 32.1 Å². The molecule has 0 radical (unpaired) electrons. The third-order valence-electron chi connectivity index (χ3n) is 4.74. The maximum atomic E-state index is 12.1. The topological polar surface area (TPSA) is 70.2 Å². The van der Waals surface area contributed by atoms with Crippen molar-refractivity contribution in [2.24, 2.45) is 0 Å². The average molecular weight is 424 g/mol. The quantitative estimate of drug-likeness (QED) is 0.173. The number of rotatable bonds is 19. The molecule has 1 aromatic rings. The van der Waals surface area contributed by atoms with E-state index < -0.39 is 10.0 Å². The van der Waals surface area contributed by atoms with Crippen molar-refractivity contribution in [1.82, 2.24) is 15.4 Å². The van der Waals surface area contributed by atoms with Gasteiger partial charge in [-0.15, -0.1) is 0 Å². The molecule has 0 aliphatic heterocycles. The van der Waals surface area contributed by atoms with Crippen molar-refractivity contribution in [3.8, 4) is 0 Å². The van der Waals surface area contributed by atoms with Gasteiger partial charge in [-0.1, -0.05) is 56.5 Å². The van der Waals surface area contributed by atoms with Crippen LogP contribution in [0.3, 0.4) is 0 Å². The molecule has 6 heteroatoms. The van der Waals surface area contributed by atoms with E-state index in [-0.39, 0.29) is 0 Å². The number of sulfonamides is 1. The Balaban J connectivity index is 1.86. The summed E-state index contributed by atoms with van der Waals surface area (Å²) in [6, 6.07) is 8.54. The monoisotopic (exact) mass is 423 g/mol. The van der Waals surface area contributed by atoms with Crippen molar-refractivity contribution in [2.75, 3.05) is 26.3 Å². The summed E-state index contributed by atoms with van der Waals surface area (Å²) < 4.78 is 26.8. The van der Waals surface area contributed by atoms with Crippen LogP contribution in [0.1, 0.15) is 71.1 Å². The lowest BCUT2D eigenvalue weighted by molar-refractivity contribution is 0.542. The number of hydrogen-bond acceptors (Lipinski definition) is 4. The molecule has 0 spiro atoms. The maximum Gasteiger partial charge on any atom is 0.240 e. The number of unbranched alkanes of at least 4 members (excludes halogenated alkanes) is 7. The van der Waals surface area contributed by atoms with Crippen molar-refractivity contribution < 1.29 is 8.42 Å². The molecule has 0 unspecified atom stereocenters. The fraction of sp³-hybridized carbons (Fsp3) is 0.652. The molecule has 0 aromatic heterocycles.